The molecule has 0 aliphatic rings. The topological polar surface area (TPSA) is 37.8 Å². The van der Waals surface area contributed by atoms with Gasteiger partial charge in [-0.1, -0.05) is 17.7 Å². The molecule has 17 heavy (non-hydrogen) atoms. The zero-order valence-corrected chi connectivity index (χ0v) is 10.4. The van der Waals surface area contributed by atoms with E-state index in [1.54, 1.807) is 18.6 Å². The predicted octanol–water partition coefficient (Wildman–Crippen LogP) is 2.98. The van der Waals surface area contributed by atoms with Crippen LogP contribution in [0.4, 0.5) is 0 Å². The van der Waals surface area contributed by atoms with E-state index in [4.69, 9.17) is 11.6 Å². The summed E-state index contributed by atoms with van der Waals surface area (Å²) in [5.74, 6) is 0. The maximum absolute atomic E-state index is 6.04. The van der Waals surface area contributed by atoms with E-state index in [9.17, 15) is 0 Å². The van der Waals surface area contributed by atoms with Crippen LogP contribution in [-0.2, 0) is 6.54 Å². The molecule has 0 bridgehead atoms. The van der Waals surface area contributed by atoms with Gasteiger partial charge < -0.3 is 5.32 Å². The Morgan fingerprint density at radius 3 is 2.88 bits per heavy atom. The number of nitrogens with one attached hydrogen (secondary N) is 1. The van der Waals surface area contributed by atoms with Gasteiger partial charge in [-0.25, -0.2) is 0 Å². The maximum atomic E-state index is 6.04. The van der Waals surface area contributed by atoms with E-state index in [-0.39, 0.29) is 6.04 Å². The summed E-state index contributed by atoms with van der Waals surface area (Å²) in [4.78, 5) is 8.26. The molecule has 0 unspecified atom stereocenters. The van der Waals surface area contributed by atoms with Crippen LogP contribution in [0.25, 0.3) is 0 Å². The molecule has 2 aromatic heterocycles. The molecule has 88 valence electrons. The molecule has 0 saturated heterocycles. The van der Waals surface area contributed by atoms with Gasteiger partial charge in [-0.05, 0) is 30.7 Å². The number of aromatic nitrogens is 2. The van der Waals surface area contributed by atoms with Gasteiger partial charge in [0.25, 0.3) is 0 Å². The summed E-state index contributed by atoms with van der Waals surface area (Å²) in [7, 11) is 0. The van der Waals surface area contributed by atoms with Crippen molar-refractivity contribution in [2.45, 2.75) is 19.5 Å². The number of halogens is 1. The van der Waals surface area contributed by atoms with E-state index in [1.165, 1.54) is 0 Å². The Kier molecular flexibility index (Phi) is 4.07. The SMILES string of the molecule is C[C@H](NCc1ccncc1Cl)c1ccccn1. The summed E-state index contributed by atoms with van der Waals surface area (Å²) in [5, 5.41) is 4.07. The highest BCUT2D eigenvalue weighted by Crippen LogP contribution is 2.15. The van der Waals surface area contributed by atoms with Crippen molar-refractivity contribution >= 4 is 11.6 Å². The Labute approximate surface area is 106 Å². The van der Waals surface area contributed by atoms with E-state index < -0.39 is 0 Å². The highest BCUT2D eigenvalue weighted by molar-refractivity contribution is 6.31. The molecule has 0 radical (unpaired) electrons. The Hall–Kier alpha value is -1.45. The molecule has 0 aromatic carbocycles. The normalized spacial score (nSPS) is 12.4. The van der Waals surface area contributed by atoms with Crippen molar-refractivity contribution in [3.05, 3.63) is 59.1 Å². The molecule has 0 fully saturated rings. The molecule has 3 nitrogen and oxygen atoms in total. The minimum atomic E-state index is 0.195. The van der Waals surface area contributed by atoms with Gasteiger partial charge in [0.2, 0.25) is 0 Å². The molecule has 1 N–H and O–H groups in total. The van der Waals surface area contributed by atoms with E-state index in [2.05, 4.69) is 22.2 Å². The highest BCUT2D eigenvalue weighted by atomic mass is 35.5. The average Bonchev–Trinajstić information content (AvgIpc) is 2.38. The van der Waals surface area contributed by atoms with Crippen molar-refractivity contribution in [3.8, 4) is 0 Å². The first-order valence-corrected chi connectivity index (χ1v) is 5.88. The Morgan fingerprint density at radius 1 is 1.29 bits per heavy atom. The first-order chi connectivity index (χ1) is 8.27. The summed E-state index contributed by atoms with van der Waals surface area (Å²) in [6.45, 7) is 2.79. The molecule has 0 amide bonds. The largest absolute Gasteiger partial charge is 0.305 e. The van der Waals surface area contributed by atoms with Crippen molar-refractivity contribution in [3.63, 3.8) is 0 Å². The van der Waals surface area contributed by atoms with E-state index in [1.807, 2.05) is 24.3 Å². The van der Waals surface area contributed by atoms with E-state index in [0.717, 1.165) is 11.3 Å². The molecule has 2 rings (SSSR count). The average molecular weight is 248 g/mol. The van der Waals surface area contributed by atoms with Crippen molar-refractivity contribution in [2.24, 2.45) is 0 Å². The molecule has 2 heterocycles. The number of pyridine rings is 2. The fourth-order valence-electron chi connectivity index (χ4n) is 1.55. The molecule has 0 aliphatic carbocycles. The number of hydrogen-bond acceptors (Lipinski definition) is 3. The third-order valence-corrected chi connectivity index (χ3v) is 2.93. The molecule has 0 spiro atoms. The lowest BCUT2D eigenvalue weighted by Crippen LogP contribution is -2.19. The van der Waals surface area contributed by atoms with Crippen LogP contribution in [0.5, 0.6) is 0 Å². The van der Waals surface area contributed by atoms with Crippen LogP contribution < -0.4 is 5.32 Å². The van der Waals surface area contributed by atoms with Gasteiger partial charge in [-0.2, -0.15) is 0 Å². The van der Waals surface area contributed by atoms with Crippen LogP contribution in [0.15, 0.2) is 42.9 Å². The van der Waals surface area contributed by atoms with Crippen molar-refractivity contribution in [2.75, 3.05) is 0 Å². The number of nitrogens with zero attached hydrogens (tertiary/aromatic N) is 2. The van der Waals surface area contributed by atoms with Crippen molar-refractivity contribution in [1.82, 2.24) is 15.3 Å². The van der Waals surface area contributed by atoms with Gasteiger partial charge in [0.15, 0.2) is 0 Å². The van der Waals surface area contributed by atoms with Crippen molar-refractivity contribution in [1.29, 1.82) is 0 Å². The zero-order chi connectivity index (χ0) is 12.1. The summed E-state index contributed by atoms with van der Waals surface area (Å²) in [5.41, 5.74) is 2.07. The summed E-state index contributed by atoms with van der Waals surface area (Å²) >= 11 is 6.04. The zero-order valence-electron chi connectivity index (χ0n) is 9.60. The van der Waals surface area contributed by atoms with Crippen LogP contribution in [0.3, 0.4) is 0 Å². The molecule has 2 aromatic rings. The third kappa shape index (κ3) is 3.25. The summed E-state index contributed by atoms with van der Waals surface area (Å²) in [6.07, 6.45) is 5.20. The minimum absolute atomic E-state index is 0.195. The van der Waals surface area contributed by atoms with Crippen LogP contribution in [0.1, 0.15) is 24.2 Å². The van der Waals surface area contributed by atoms with Gasteiger partial charge in [0, 0.05) is 31.2 Å². The lowest BCUT2D eigenvalue weighted by molar-refractivity contribution is 0.561. The summed E-state index contributed by atoms with van der Waals surface area (Å²) in [6, 6.07) is 8.02. The first kappa shape index (κ1) is 12.0. The Bertz CT molecular complexity index is 473. The van der Waals surface area contributed by atoms with Gasteiger partial charge in [0.05, 0.1) is 10.7 Å². The van der Waals surface area contributed by atoms with Crippen LogP contribution >= 0.6 is 11.6 Å². The predicted molar refractivity (Wildman–Crippen MR) is 68.7 cm³/mol. The third-order valence-electron chi connectivity index (χ3n) is 2.59. The molecule has 1 atom stereocenters. The molecule has 0 aliphatic heterocycles. The quantitative estimate of drug-likeness (QED) is 0.903. The molecule has 0 saturated carbocycles. The Balaban J connectivity index is 1.97. The van der Waals surface area contributed by atoms with Crippen LogP contribution in [0.2, 0.25) is 5.02 Å². The second-order valence-corrected chi connectivity index (χ2v) is 4.23. The van der Waals surface area contributed by atoms with Crippen LogP contribution in [-0.4, -0.2) is 9.97 Å². The lowest BCUT2D eigenvalue weighted by Gasteiger charge is -2.13. The number of rotatable bonds is 4. The van der Waals surface area contributed by atoms with E-state index in [0.29, 0.717) is 11.6 Å². The smallest absolute Gasteiger partial charge is 0.0634 e. The molecular formula is C13H14ClN3. The van der Waals surface area contributed by atoms with Crippen molar-refractivity contribution < 1.29 is 0 Å². The molecule has 4 heteroatoms. The standard InChI is InChI=1S/C13H14ClN3/c1-10(13-4-2-3-6-16-13)17-8-11-5-7-15-9-12(11)14/h2-7,9-10,17H,8H2,1H3/t10-/m0/s1. The highest BCUT2D eigenvalue weighted by Gasteiger charge is 2.06. The maximum Gasteiger partial charge on any atom is 0.0634 e. The monoisotopic (exact) mass is 247 g/mol. The first-order valence-electron chi connectivity index (χ1n) is 5.50. The second-order valence-electron chi connectivity index (χ2n) is 3.82. The molecular weight excluding hydrogens is 234 g/mol. The van der Waals surface area contributed by atoms with Gasteiger partial charge in [-0.3, -0.25) is 9.97 Å². The van der Waals surface area contributed by atoms with Gasteiger partial charge in [0.1, 0.15) is 0 Å². The second kappa shape index (κ2) is 5.75. The Morgan fingerprint density at radius 2 is 2.18 bits per heavy atom. The van der Waals surface area contributed by atoms with E-state index >= 15 is 0 Å². The van der Waals surface area contributed by atoms with Crippen LogP contribution in [0, 0.1) is 0 Å². The lowest BCUT2D eigenvalue weighted by atomic mass is 10.2. The fourth-order valence-corrected chi connectivity index (χ4v) is 1.73. The van der Waals surface area contributed by atoms with Gasteiger partial charge >= 0.3 is 0 Å². The number of hydrogen-bond donors (Lipinski definition) is 1. The fraction of sp³-hybridized carbons (Fsp3) is 0.231. The summed E-state index contributed by atoms with van der Waals surface area (Å²) < 4.78 is 0. The minimum Gasteiger partial charge on any atom is -0.305 e. The van der Waals surface area contributed by atoms with Gasteiger partial charge in [-0.15, -0.1) is 0 Å².